The first-order chi connectivity index (χ1) is 7.31. The quantitative estimate of drug-likeness (QED) is 0.781. The van der Waals surface area contributed by atoms with E-state index >= 15 is 0 Å². The monoisotopic (exact) mass is 220 g/mol. The van der Waals surface area contributed by atoms with Gasteiger partial charge in [-0.05, 0) is 24.3 Å². The second kappa shape index (κ2) is 4.28. The summed E-state index contributed by atoms with van der Waals surface area (Å²) >= 11 is 5.98. The first-order valence-corrected chi connectivity index (χ1v) is 4.79. The van der Waals surface area contributed by atoms with Gasteiger partial charge in [0.25, 0.3) is 0 Å². The summed E-state index contributed by atoms with van der Waals surface area (Å²) in [6, 6.07) is 7.56. The van der Waals surface area contributed by atoms with Gasteiger partial charge >= 0.3 is 0 Å². The van der Waals surface area contributed by atoms with E-state index in [0.29, 0.717) is 5.02 Å². The van der Waals surface area contributed by atoms with Crippen molar-refractivity contribution in [2.24, 2.45) is 0 Å². The van der Waals surface area contributed by atoms with E-state index < -0.39 is 0 Å². The van der Waals surface area contributed by atoms with Gasteiger partial charge in [-0.3, -0.25) is 0 Å². The Kier molecular flexibility index (Phi) is 2.83. The minimum Gasteiger partial charge on any atom is -0.497 e. The van der Waals surface area contributed by atoms with E-state index in [9.17, 15) is 0 Å². The summed E-state index contributed by atoms with van der Waals surface area (Å²) in [5, 5.41) is 0.544. The Bertz CT molecular complexity index is 456. The van der Waals surface area contributed by atoms with Gasteiger partial charge in [-0.2, -0.15) is 0 Å². The van der Waals surface area contributed by atoms with Crippen LogP contribution in [0.15, 0.2) is 36.8 Å². The minimum absolute atomic E-state index is 0.544. The maximum absolute atomic E-state index is 5.98. The van der Waals surface area contributed by atoms with Crippen molar-refractivity contribution in [3.8, 4) is 17.0 Å². The van der Waals surface area contributed by atoms with Gasteiger partial charge in [-0.25, -0.2) is 9.97 Å². The highest BCUT2D eigenvalue weighted by molar-refractivity contribution is 6.32. The molecule has 0 N–H and O–H groups in total. The van der Waals surface area contributed by atoms with Crippen LogP contribution < -0.4 is 4.74 Å². The number of methoxy groups -OCH3 is 1. The molecule has 1 heterocycles. The minimum atomic E-state index is 0.544. The molecule has 3 nitrogen and oxygen atoms in total. The lowest BCUT2D eigenvalue weighted by Gasteiger charge is -2.03. The maximum Gasteiger partial charge on any atom is 0.118 e. The number of ether oxygens (including phenoxy) is 1. The molecule has 0 saturated heterocycles. The number of halogens is 1. The van der Waals surface area contributed by atoms with Crippen molar-refractivity contribution in [2.75, 3.05) is 7.11 Å². The Morgan fingerprint density at radius 1 is 1.20 bits per heavy atom. The molecule has 4 heteroatoms. The van der Waals surface area contributed by atoms with E-state index in [1.54, 1.807) is 13.3 Å². The molecular weight excluding hydrogens is 212 g/mol. The summed E-state index contributed by atoms with van der Waals surface area (Å²) in [6.45, 7) is 0. The predicted octanol–water partition coefficient (Wildman–Crippen LogP) is 2.81. The number of rotatable bonds is 2. The molecule has 0 atom stereocenters. The van der Waals surface area contributed by atoms with Crippen molar-refractivity contribution in [3.05, 3.63) is 41.8 Å². The highest BCUT2D eigenvalue weighted by Crippen LogP contribution is 2.25. The average Bonchev–Trinajstić information content (AvgIpc) is 2.30. The van der Waals surface area contributed by atoms with Gasteiger partial charge in [-0.1, -0.05) is 11.6 Å². The predicted molar refractivity (Wildman–Crippen MR) is 59.0 cm³/mol. The zero-order valence-electron chi connectivity index (χ0n) is 8.14. The normalized spacial score (nSPS) is 10.0. The van der Waals surface area contributed by atoms with Crippen molar-refractivity contribution >= 4 is 11.6 Å². The lowest BCUT2D eigenvalue weighted by Crippen LogP contribution is -1.87. The first kappa shape index (κ1) is 9.93. The fourth-order valence-electron chi connectivity index (χ4n) is 1.27. The molecule has 0 aliphatic heterocycles. The zero-order valence-corrected chi connectivity index (χ0v) is 8.90. The molecule has 2 rings (SSSR count). The van der Waals surface area contributed by atoms with Crippen molar-refractivity contribution in [3.63, 3.8) is 0 Å². The van der Waals surface area contributed by atoms with E-state index in [0.717, 1.165) is 17.0 Å². The first-order valence-electron chi connectivity index (χ1n) is 4.41. The van der Waals surface area contributed by atoms with Gasteiger partial charge in [0, 0.05) is 11.8 Å². The summed E-state index contributed by atoms with van der Waals surface area (Å²) < 4.78 is 5.07. The van der Waals surface area contributed by atoms with Crippen molar-refractivity contribution < 1.29 is 4.74 Å². The average molecular weight is 221 g/mol. The summed E-state index contributed by atoms with van der Waals surface area (Å²) in [5.41, 5.74) is 1.68. The van der Waals surface area contributed by atoms with Gasteiger partial charge in [0.05, 0.1) is 17.8 Å². The van der Waals surface area contributed by atoms with Gasteiger partial charge < -0.3 is 4.74 Å². The highest BCUT2D eigenvalue weighted by Gasteiger charge is 2.04. The van der Waals surface area contributed by atoms with Gasteiger partial charge in [0.2, 0.25) is 0 Å². The van der Waals surface area contributed by atoms with Gasteiger partial charge in [0.15, 0.2) is 0 Å². The molecular formula is C11H9ClN2O. The molecule has 0 bridgehead atoms. The number of hydrogen-bond donors (Lipinski definition) is 0. The van der Waals surface area contributed by atoms with Gasteiger partial charge in [0.1, 0.15) is 12.1 Å². The second-order valence-electron chi connectivity index (χ2n) is 2.95. The van der Waals surface area contributed by atoms with Crippen LogP contribution in [0, 0.1) is 0 Å². The molecule has 0 radical (unpaired) electrons. The number of nitrogens with zero attached hydrogens (tertiary/aromatic N) is 2. The van der Waals surface area contributed by atoms with Crippen molar-refractivity contribution in [1.82, 2.24) is 9.97 Å². The standard InChI is InChI=1S/C11H9ClN2O/c1-15-9-4-2-8(3-5-9)11-10(12)6-13-7-14-11/h2-7H,1H3. The van der Waals surface area contributed by atoms with Crippen LogP contribution in [-0.4, -0.2) is 17.1 Å². The SMILES string of the molecule is COc1ccc(-c2ncncc2Cl)cc1. The second-order valence-corrected chi connectivity index (χ2v) is 3.35. The molecule has 76 valence electrons. The Labute approximate surface area is 92.7 Å². The van der Waals surface area contributed by atoms with Crippen LogP contribution in [0.1, 0.15) is 0 Å². The number of hydrogen-bond acceptors (Lipinski definition) is 3. The molecule has 1 aromatic carbocycles. The van der Waals surface area contributed by atoms with E-state index in [2.05, 4.69) is 9.97 Å². The molecule has 2 aromatic rings. The molecule has 1 aromatic heterocycles. The van der Waals surface area contributed by atoms with E-state index in [1.165, 1.54) is 6.33 Å². The fourth-order valence-corrected chi connectivity index (χ4v) is 1.49. The summed E-state index contributed by atoms with van der Waals surface area (Å²) in [5.74, 6) is 0.809. The summed E-state index contributed by atoms with van der Waals surface area (Å²) in [4.78, 5) is 7.96. The van der Waals surface area contributed by atoms with Crippen LogP contribution in [0.4, 0.5) is 0 Å². The van der Waals surface area contributed by atoms with Gasteiger partial charge in [-0.15, -0.1) is 0 Å². The van der Waals surface area contributed by atoms with Crippen LogP contribution in [0.25, 0.3) is 11.3 Å². The molecule has 0 fully saturated rings. The maximum atomic E-state index is 5.98. The molecule has 0 aliphatic carbocycles. The lowest BCUT2D eigenvalue weighted by molar-refractivity contribution is 0.415. The third kappa shape index (κ3) is 2.07. The number of aromatic nitrogens is 2. The topological polar surface area (TPSA) is 35.0 Å². The Morgan fingerprint density at radius 3 is 2.53 bits per heavy atom. The molecule has 15 heavy (non-hydrogen) atoms. The van der Waals surface area contributed by atoms with Crippen LogP contribution in [0.5, 0.6) is 5.75 Å². The molecule has 0 spiro atoms. The fraction of sp³-hybridized carbons (Fsp3) is 0.0909. The Morgan fingerprint density at radius 2 is 1.93 bits per heavy atom. The molecule has 0 saturated carbocycles. The Hall–Kier alpha value is -1.61. The smallest absolute Gasteiger partial charge is 0.118 e. The van der Waals surface area contributed by atoms with Crippen LogP contribution >= 0.6 is 11.6 Å². The molecule has 0 amide bonds. The van der Waals surface area contributed by atoms with E-state index in [-0.39, 0.29) is 0 Å². The Balaban J connectivity index is 2.42. The van der Waals surface area contributed by atoms with E-state index in [4.69, 9.17) is 16.3 Å². The highest BCUT2D eigenvalue weighted by atomic mass is 35.5. The van der Waals surface area contributed by atoms with Crippen LogP contribution in [0.2, 0.25) is 5.02 Å². The summed E-state index contributed by atoms with van der Waals surface area (Å²) in [7, 11) is 1.63. The third-order valence-corrected chi connectivity index (χ3v) is 2.31. The lowest BCUT2D eigenvalue weighted by atomic mass is 10.1. The summed E-state index contributed by atoms with van der Waals surface area (Å²) in [6.07, 6.45) is 3.06. The molecule has 0 aliphatic rings. The van der Waals surface area contributed by atoms with Crippen LogP contribution in [-0.2, 0) is 0 Å². The van der Waals surface area contributed by atoms with Crippen LogP contribution in [0.3, 0.4) is 0 Å². The molecule has 0 unspecified atom stereocenters. The van der Waals surface area contributed by atoms with Crippen molar-refractivity contribution in [1.29, 1.82) is 0 Å². The van der Waals surface area contributed by atoms with E-state index in [1.807, 2.05) is 24.3 Å². The zero-order chi connectivity index (χ0) is 10.7. The van der Waals surface area contributed by atoms with Crippen molar-refractivity contribution in [2.45, 2.75) is 0 Å². The number of benzene rings is 1. The largest absolute Gasteiger partial charge is 0.497 e. The third-order valence-electron chi connectivity index (χ3n) is 2.03.